The molecule has 0 aliphatic heterocycles. The van der Waals surface area contributed by atoms with Gasteiger partial charge in [0.2, 0.25) is 0 Å². The van der Waals surface area contributed by atoms with Gasteiger partial charge < -0.3 is 4.57 Å². The standard InChI is InChI=1S/C20H21N/c1-2-3-10-21-18-7-5-4-6-15(18)17-12-16-13-8-9-14(11-13)19(16)20(17)21/h2,4-9,13-14,16,19H,1,3,10-12H2/t13?,14?,16-,19+/m1/s1. The number of aryl methyl sites for hydroxylation is 1. The minimum Gasteiger partial charge on any atom is -0.344 e. The van der Waals surface area contributed by atoms with E-state index in [1.807, 2.05) is 6.08 Å². The van der Waals surface area contributed by atoms with E-state index in [-0.39, 0.29) is 0 Å². The number of allylic oxidation sites excluding steroid dienone is 3. The highest BCUT2D eigenvalue weighted by Gasteiger charge is 2.51. The Hall–Kier alpha value is -1.76. The van der Waals surface area contributed by atoms with Gasteiger partial charge in [-0.2, -0.15) is 0 Å². The monoisotopic (exact) mass is 275 g/mol. The number of hydrogen-bond acceptors (Lipinski definition) is 0. The van der Waals surface area contributed by atoms with Crippen LogP contribution in [0.25, 0.3) is 10.9 Å². The summed E-state index contributed by atoms with van der Waals surface area (Å²) in [5.41, 5.74) is 4.76. The van der Waals surface area contributed by atoms with Gasteiger partial charge in [-0.1, -0.05) is 36.4 Å². The first-order chi connectivity index (χ1) is 10.4. The first kappa shape index (κ1) is 11.9. The second-order valence-electron chi connectivity index (χ2n) is 6.95. The lowest BCUT2D eigenvalue weighted by atomic mass is 9.85. The molecule has 21 heavy (non-hydrogen) atoms. The lowest BCUT2D eigenvalue weighted by molar-refractivity contribution is 0.414. The average Bonchev–Trinajstić information content (AvgIpc) is 3.23. The van der Waals surface area contributed by atoms with Crippen LogP contribution >= 0.6 is 0 Å². The third kappa shape index (κ3) is 1.42. The van der Waals surface area contributed by atoms with E-state index in [4.69, 9.17) is 0 Å². The molecule has 106 valence electrons. The number of hydrogen-bond donors (Lipinski definition) is 0. The highest BCUT2D eigenvalue weighted by atomic mass is 15.0. The number of nitrogens with zero attached hydrogens (tertiary/aromatic N) is 1. The second kappa shape index (κ2) is 4.13. The zero-order chi connectivity index (χ0) is 14.0. The smallest absolute Gasteiger partial charge is 0.0485 e. The molecule has 2 bridgehead atoms. The Morgan fingerprint density at radius 2 is 2.05 bits per heavy atom. The molecule has 1 aromatic carbocycles. The van der Waals surface area contributed by atoms with E-state index in [1.54, 1.807) is 11.3 Å². The fourth-order valence-electron chi connectivity index (χ4n) is 5.30. The van der Waals surface area contributed by atoms with Crippen molar-refractivity contribution in [3.8, 4) is 0 Å². The molecule has 3 aliphatic carbocycles. The van der Waals surface area contributed by atoms with Crippen LogP contribution < -0.4 is 0 Å². The lowest BCUT2D eigenvalue weighted by Gasteiger charge is -2.23. The van der Waals surface area contributed by atoms with E-state index in [2.05, 4.69) is 47.6 Å². The maximum Gasteiger partial charge on any atom is 0.0485 e. The molecule has 3 aliphatic rings. The number of rotatable bonds is 3. The number of para-hydroxylation sites is 1. The highest BCUT2D eigenvalue weighted by molar-refractivity contribution is 5.86. The van der Waals surface area contributed by atoms with Crippen molar-refractivity contribution in [2.75, 3.05) is 0 Å². The summed E-state index contributed by atoms with van der Waals surface area (Å²) in [5, 5.41) is 1.50. The summed E-state index contributed by atoms with van der Waals surface area (Å²) in [5.74, 6) is 3.31. The van der Waals surface area contributed by atoms with Gasteiger partial charge in [0.1, 0.15) is 0 Å². The topological polar surface area (TPSA) is 4.93 Å². The molecule has 4 atom stereocenters. The Morgan fingerprint density at radius 1 is 1.19 bits per heavy atom. The van der Waals surface area contributed by atoms with Crippen LogP contribution in [0.5, 0.6) is 0 Å². The van der Waals surface area contributed by atoms with Gasteiger partial charge in [0.15, 0.2) is 0 Å². The van der Waals surface area contributed by atoms with Crippen molar-refractivity contribution in [1.29, 1.82) is 0 Å². The molecular formula is C20H21N. The molecule has 1 aromatic heterocycles. The summed E-state index contributed by atoms with van der Waals surface area (Å²) < 4.78 is 2.62. The van der Waals surface area contributed by atoms with Crippen molar-refractivity contribution >= 4 is 10.9 Å². The summed E-state index contributed by atoms with van der Waals surface area (Å²) in [6, 6.07) is 9.01. The van der Waals surface area contributed by atoms with Gasteiger partial charge >= 0.3 is 0 Å². The molecule has 1 nitrogen and oxygen atoms in total. The largest absolute Gasteiger partial charge is 0.344 e. The molecule has 0 radical (unpaired) electrons. The summed E-state index contributed by atoms with van der Waals surface area (Å²) in [6.07, 6.45) is 10.8. The second-order valence-corrected chi connectivity index (χ2v) is 6.95. The van der Waals surface area contributed by atoms with Crippen LogP contribution in [0.1, 0.15) is 30.0 Å². The van der Waals surface area contributed by atoms with Gasteiger partial charge in [-0.05, 0) is 48.6 Å². The van der Waals surface area contributed by atoms with E-state index in [0.29, 0.717) is 0 Å². The van der Waals surface area contributed by atoms with Gasteiger partial charge in [0, 0.05) is 29.1 Å². The Morgan fingerprint density at radius 3 is 2.95 bits per heavy atom. The Balaban J connectivity index is 1.74. The number of benzene rings is 1. The van der Waals surface area contributed by atoms with Crippen LogP contribution in [0.2, 0.25) is 0 Å². The van der Waals surface area contributed by atoms with Gasteiger partial charge in [-0.3, -0.25) is 0 Å². The fraction of sp³-hybridized carbons (Fsp3) is 0.400. The molecule has 0 saturated heterocycles. The van der Waals surface area contributed by atoms with Crippen molar-refractivity contribution in [3.63, 3.8) is 0 Å². The molecule has 2 aromatic rings. The molecule has 1 fully saturated rings. The third-order valence-corrected chi connectivity index (χ3v) is 6.05. The predicted octanol–water partition coefficient (Wildman–Crippen LogP) is 4.68. The Kier molecular flexibility index (Phi) is 2.33. The summed E-state index contributed by atoms with van der Waals surface area (Å²) >= 11 is 0. The first-order valence-corrected chi connectivity index (χ1v) is 8.27. The third-order valence-electron chi connectivity index (χ3n) is 6.05. The molecule has 2 unspecified atom stereocenters. The molecule has 0 spiro atoms. The SMILES string of the molecule is C=CCCn1c2c(c3ccccc31)C[C@@H]1C3C=CC(C3)[C@H]21. The zero-order valence-electron chi connectivity index (χ0n) is 12.3. The van der Waals surface area contributed by atoms with Crippen molar-refractivity contribution in [1.82, 2.24) is 4.57 Å². The van der Waals surface area contributed by atoms with Gasteiger partial charge in [-0.25, -0.2) is 0 Å². The Labute approximate surface area is 126 Å². The maximum atomic E-state index is 3.91. The zero-order valence-corrected chi connectivity index (χ0v) is 12.3. The van der Waals surface area contributed by atoms with Crippen LogP contribution in [-0.2, 0) is 13.0 Å². The van der Waals surface area contributed by atoms with Gasteiger partial charge in [0.25, 0.3) is 0 Å². The predicted molar refractivity (Wildman–Crippen MR) is 87.4 cm³/mol. The number of fused-ring (bicyclic) bond motifs is 9. The van der Waals surface area contributed by atoms with Crippen LogP contribution in [-0.4, -0.2) is 4.57 Å². The minimum atomic E-state index is 0.784. The van der Waals surface area contributed by atoms with E-state index in [1.165, 1.54) is 23.7 Å². The molecule has 1 heterocycles. The summed E-state index contributed by atoms with van der Waals surface area (Å²) in [7, 11) is 0. The average molecular weight is 275 g/mol. The molecule has 1 saturated carbocycles. The Bertz CT molecular complexity index is 763. The van der Waals surface area contributed by atoms with Crippen molar-refractivity contribution < 1.29 is 0 Å². The molecule has 1 heteroatoms. The first-order valence-electron chi connectivity index (χ1n) is 8.27. The summed E-state index contributed by atoms with van der Waals surface area (Å²) in [4.78, 5) is 0. The van der Waals surface area contributed by atoms with Crippen LogP contribution in [0.3, 0.4) is 0 Å². The molecule has 0 amide bonds. The van der Waals surface area contributed by atoms with Gasteiger partial charge in [-0.15, -0.1) is 6.58 Å². The van der Waals surface area contributed by atoms with E-state index in [0.717, 1.165) is 36.6 Å². The van der Waals surface area contributed by atoms with Crippen LogP contribution in [0.15, 0.2) is 49.1 Å². The number of aromatic nitrogens is 1. The van der Waals surface area contributed by atoms with Crippen LogP contribution in [0.4, 0.5) is 0 Å². The lowest BCUT2D eigenvalue weighted by Crippen LogP contribution is -2.16. The van der Waals surface area contributed by atoms with Gasteiger partial charge in [0.05, 0.1) is 0 Å². The van der Waals surface area contributed by atoms with E-state index in [9.17, 15) is 0 Å². The van der Waals surface area contributed by atoms with Crippen molar-refractivity contribution in [2.45, 2.75) is 31.7 Å². The van der Waals surface area contributed by atoms with E-state index < -0.39 is 0 Å². The normalized spacial score (nSPS) is 31.8. The van der Waals surface area contributed by atoms with Crippen molar-refractivity contribution in [3.05, 3.63) is 60.3 Å². The molecule has 0 N–H and O–H groups in total. The maximum absolute atomic E-state index is 3.91. The molecule has 5 rings (SSSR count). The van der Waals surface area contributed by atoms with Crippen molar-refractivity contribution in [2.24, 2.45) is 17.8 Å². The molecular weight excluding hydrogens is 254 g/mol. The van der Waals surface area contributed by atoms with E-state index >= 15 is 0 Å². The minimum absolute atomic E-state index is 0.784. The highest BCUT2D eigenvalue weighted by Crippen LogP contribution is 2.59. The van der Waals surface area contributed by atoms with Crippen LogP contribution in [0, 0.1) is 17.8 Å². The fourth-order valence-corrected chi connectivity index (χ4v) is 5.30. The summed E-state index contributed by atoms with van der Waals surface area (Å²) in [6.45, 7) is 5.00. The quantitative estimate of drug-likeness (QED) is 0.717.